The molecule has 3 heterocycles. The number of methoxy groups -OCH3 is 1. The minimum atomic E-state index is 0.468. The molecule has 4 rings (SSSR count). The highest BCUT2D eigenvalue weighted by Gasteiger charge is 2.22. The van der Waals surface area contributed by atoms with Crippen molar-refractivity contribution in [3.05, 3.63) is 46.9 Å². The zero-order valence-electron chi connectivity index (χ0n) is 19.2. The number of hydrogen-bond donors (Lipinski definition) is 0. The standard InChI is InChI=1S/C25H32N4O/c1-8-10-19(9-2)28-12-11-21-17(5)26-24-23(18(6)27-29(24)25(21)28)22-15(3)13-20(30-7)14-16(22)4/h11-14,19H,8-10H2,1-7H3. The van der Waals surface area contributed by atoms with Gasteiger partial charge < -0.3 is 9.30 Å². The molecule has 0 N–H and O–H groups in total. The van der Waals surface area contributed by atoms with Crippen molar-refractivity contribution in [2.45, 2.75) is 66.8 Å². The molecule has 0 aliphatic carbocycles. The number of aryl methyl sites for hydroxylation is 4. The highest BCUT2D eigenvalue weighted by molar-refractivity contribution is 5.89. The first-order chi connectivity index (χ1) is 14.4. The van der Waals surface area contributed by atoms with E-state index in [1.54, 1.807) is 7.11 Å². The van der Waals surface area contributed by atoms with Crippen LogP contribution in [0.4, 0.5) is 0 Å². The third kappa shape index (κ3) is 3.08. The van der Waals surface area contributed by atoms with E-state index in [-0.39, 0.29) is 0 Å². The zero-order chi connectivity index (χ0) is 21.6. The molecule has 0 spiro atoms. The lowest BCUT2D eigenvalue weighted by Crippen LogP contribution is -2.10. The van der Waals surface area contributed by atoms with Gasteiger partial charge in [0.15, 0.2) is 5.65 Å². The first-order valence-corrected chi connectivity index (χ1v) is 10.9. The third-order valence-electron chi connectivity index (χ3n) is 6.27. The predicted molar refractivity (Wildman–Crippen MR) is 124 cm³/mol. The molecule has 0 saturated carbocycles. The third-order valence-corrected chi connectivity index (χ3v) is 6.27. The molecule has 1 atom stereocenters. The molecule has 4 aromatic rings. The average molecular weight is 405 g/mol. The largest absolute Gasteiger partial charge is 0.497 e. The second-order valence-corrected chi connectivity index (χ2v) is 8.34. The normalized spacial score (nSPS) is 12.8. The summed E-state index contributed by atoms with van der Waals surface area (Å²) >= 11 is 0. The van der Waals surface area contributed by atoms with Crippen LogP contribution in [0.2, 0.25) is 0 Å². The Kier molecular flexibility index (Phi) is 5.31. The molecule has 158 valence electrons. The van der Waals surface area contributed by atoms with Gasteiger partial charge in [0.25, 0.3) is 0 Å². The van der Waals surface area contributed by atoms with Crippen LogP contribution in [0, 0.1) is 27.7 Å². The Hall–Kier alpha value is -2.82. The van der Waals surface area contributed by atoms with Gasteiger partial charge >= 0.3 is 0 Å². The summed E-state index contributed by atoms with van der Waals surface area (Å²) in [5, 5.41) is 6.17. The molecule has 0 aliphatic rings. The highest BCUT2D eigenvalue weighted by atomic mass is 16.5. The molecule has 3 aromatic heterocycles. The van der Waals surface area contributed by atoms with Crippen molar-refractivity contribution in [1.29, 1.82) is 0 Å². The summed E-state index contributed by atoms with van der Waals surface area (Å²) in [6.45, 7) is 13.0. The van der Waals surface area contributed by atoms with Crippen LogP contribution in [-0.4, -0.2) is 26.3 Å². The van der Waals surface area contributed by atoms with Gasteiger partial charge in [0, 0.05) is 17.6 Å². The maximum Gasteiger partial charge on any atom is 0.165 e. The molecular formula is C25H32N4O. The Morgan fingerprint density at radius 2 is 1.70 bits per heavy atom. The van der Waals surface area contributed by atoms with Crippen molar-refractivity contribution in [1.82, 2.24) is 19.2 Å². The summed E-state index contributed by atoms with van der Waals surface area (Å²) in [5.74, 6) is 0.883. The number of aromatic nitrogens is 4. The van der Waals surface area contributed by atoms with Crippen LogP contribution >= 0.6 is 0 Å². The van der Waals surface area contributed by atoms with E-state index in [0.717, 1.165) is 46.8 Å². The lowest BCUT2D eigenvalue weighted by Gasteiger charge is -2.18. The maximum absolute atomic E-state index is 5.47. The fourth-order valence-corrected chi connectivity index (χ4v) is 4.83. The molecule has 5 heteroatoms. The fraction of sp³-hybridized carbons (Fsp3) is 0.440. The molecular weight excluding hydrogens is 372 g/mol. The topological polar surface area (TPSA) is 44.3 Å². The SMILES string of the molecule is CCCC(CC)n1ccc2c(C)nc3c(-c4c(C)cc(OC)cc4C)c(C)nn3c21. The number of hydrogen-bond acceptors (Lipinski definition) is 3. The first kappa shape index (κ1) is 20.5. The van der Waals surface area contributed by atoms with Crippen molar-refractivity contribution < 1.29 is 4.74 Å². The Labute approximate surface area is 178 Å². The number of benzene rings is 1. The Morgan fingerprint density at radius 3 is 2.30 bits per heavy atom. The summed E-state index contributed by atoms with van der Waals surface area (Å²) in [7, 11) is 1.71. The van der Waals surface area contributed by atoms with E-state index in [4.69, 9.17) is 14.8 Å². The molecule has 0 fully saturated rings. The molecule has 5 nitrogen and oxygen atoms in total. The monoisotopic (exact) mass is 404 g/mol. The van der Waals surface area contributed by atoms with E-state index in [9.17, 15) is 0 Å². The van der Waals surface area contributed by atoms with Crippen LogP contribution in [0.15, 0.2) is 24.4 Å². The number of fused-ring (bicyclic) bond motifs is 3. The van der Waals surface area contributed by atoms with Crippen molar-refractivity contribution in [2.75, 3.05) is 7.11 Å². The van der Waals surface area contributed by atoms with E-state index in [0.29, 0.717) is 6.04 Å². The van der Waals surface area contributed by atoms with E-state index < -0.39 is 0 Å². The zero-order valence-corrected chi connectivity index (χ0v) is 19.2. The minimum Gasteiger partial charge on any atom is -0.497 e. The highest BCUT2D eigenvalue weighted by Crippen LogP contribution is 2.37. The van der Waals surface area contributed by atoms with E-state index in [1.165, 1.54) is 28.5 Å². The van der Waals surface area contributed by atoms with Crippen LogP contribution in [0.3, 0.4) is 0 Å². The molecule has 0 aliphatic heterocycles. The summed E-state index contributed by atoms with van der Waals surface area (Å²) in [5.41, 5.74) is 8.81. The summed E-state index contributed by atoms with van der Waals surface area (Å²) in [6, 6.07) is 6.84. The summed E-state index contributed by atoms with van der Waals surface area (Å²) in [4.78, 5) is 5.03. The second kappa shape index (κ2) is 7.78. The van der Waals surface area contributed by atoms with Crippen molar-refractivity contribution in [2.24, 2.45) is 0 Å². The Balaban J connectivity index is 2.06. The van der Waals surface area contributed by atoms with Gasteiger partial charge in [-0.15, -0.1) is 0 Å². The van der Waals surface area contributed by atoms with Gasteiger partial charge in [0.05, 0.1) is 24.1 Å². The van der Waals surface area contributed by atoms with Gasteiger partial charge in [-0.2, -0.15) is 9.61 Å². The minimum absolute atomic E-state index is 0.468. The molecule has 0 bridgehead atoms. The number of rotatable bonds is 6. The lowest BCUT2D eigenvalue weighted by atomic mass is 9.95. The van der Waals surface area contributed by atoms with Gasteiger partial charge in [0.1, 0.15) is 11.4 Å². The van der Waals surface area contributed by atoms with Crippen LogP contribution < -0.4 is 4.74 Å². The van der Waals surface area contributed by atoms with Gasteiger partial charge in [0.2, 0.25) is 0 Å². The molecule has 1 unspecified atom stereocenters. The van der Waals surface area contributed by atoms with E-state index in [1.807, 2.05) is 0 Å². The van der Waals surface area contributed by atoms with Crippen LogP contribution in [0.5, 0.6) is 5.75 Å². The fourth-order valence-electron chi connectivity index (χ4n) is 4.83. The Bertz CT molecular complexity index is 1210. The molecule has 0 radical (unpaired) electrons. The molecule has 0 amide bonds. The quantitative estimate of drug-likeness (QED) is 0.376. The van der Waals surface area contributed by atoms with Crippen molar-refractivity contribution >= 4 is 16.7 Å². The average Bonchev–Trinajstić information content (AvgIpc) is 3.28. The Morgan fingerprint density at radius 1 is 1.00 bits per heavy atom. The molecule has 1 aromatic carbocycles. The van der Waals surface area contributed by atoms with E-state index >= 15 is 0 Å². The smallest absolute Gasteiger partial charge is 0.165 e. The molecule has 0 saturated heterocycles. The summed E-state index contributed by atoms with van der Waals surface area (Å²) in [6.07, 6.45) is 5.64. The van der Waals surface area contributed by atoms with Crippen molar-refractivity contribution in [3.63, 3.8) is 0 Å². The summed E-state index contributed by atoms with van der Waals surface area (Å²) < 4.78 is 9.94. The predicted octanol–water partition coefficient (Wildman–Crippen LogP) is 6.34. The lowest BCUT2D eigenvalue weighted by molar-refractivity contribution is 0.414. The van der Waals surface area contributed by atoms with Crippen molar-refractivity contribution in [3.8, 4) is 16.9 Å². The van der Waals surface area contributed by atoms with Crippen LogP contribution in [0.1, 0.15) is 61.7 Å². The van der Waals surface area contributed by atoms with Gasteiger partial charge in [-0.05, 0) is 75.4 Å². The number of ether oxygens (including phenoxy) is 1. The van der Waals surface area contributed by atoms with Gasteiger partial charge in [-0.3, -0.25) is 0 Å². The van der Waals surface area contributed by atoms with Gasteiger partial charge in [-0.1, -0.05) is 20.3 Å². The first-order valence-electron chi connectivity index (χ1n) is 10.9. The molecule has 30 heavy (non-hydrogen) atoms. The van der Waals surface area contributed by atoms with Crippen LogP contribution in [-0.2, 0) is 0 Å². The maximum atomic E-state index is 5.47. The van der Waals surface area contributed by atoms with Gasteiger partial charge in [-0.25, -0.2) is 4.98 Å². The van der Waals surface area contributed by atoms with E-state index in [2.05, 4.69) is 75.0 Å². The van der Waals surface area contributed by atoms with Crippen LogP contribution in [0.25, 0.3) is 27.8 Å². The number of nitrogens with zero attached hydrogens (tertiary/aromatic N) is 4. The second-order valence-electron chi connectivity index (χ2n) is 8.34.